The number of rotatable bonds is 9. The maximum Gasteiger partial charge on any atom is 0.123 e. The number of ether oxygens (including phenoxy) is 1. The maximum absolute atomic E-state index is 10.3. The molecule has 3 rings (SSSR count). The fourth-order valence-electron chi connectivity index (χ4n) is 3.67. The second kappa shape index (κ2) is 9.88. The van der Waals surface area contributed by atoms with Crippen LogP contribution in [-0.2, 0) is 20.1 Å². The minimum absolute atomic E-state index is 0.333. The zero-order valence-corrected chi connectivity index (χ0v) is 16.5. The number of piperidine rings is 1. The van der Waals surface area contributed by atoms with Gasteiger partial charge < -0.3 is 14.7 Å². The molecule has 0 unspecified atom stereocenters. The van der Waals surface area contributed by atoms with Gasteiger partial charge in [0.25, 0.3) is 0 Å². The van der Waals surface area contributed by atoms with Crippen molar-refractivity contribution in [1.82, 2.24) is 19.6 Å². The Bertz CT molecular complexity index is 697. The Kier molecular flexibility index (Phi) is 7.26. The van der Waals surface area contributed by atoms with E-state index >= 15 is 0 Å². The molecule has 1 N–H and O–H groups in total. The lowest BCUT2D eigenvalue weighted by atomic mass is 10.1. The zero-order chi connectivity index (χ0) is 19.1. The van der Waals surface area contributed by atoms with E-state index in [1.54, 1.807) is 0 Å². The van der Waals surface area contributed by atoms with Gasteiger partial charge >= 0.3 is 0 Å². The summed E-state index contributed by atoms with van der Waals surface area (Å²) in [5, 5.41) is 14.6. The molecule has 0 saturated carbocycles. The van der Waals surface area contributed by atoms with E-state index in [2.05, 4.69) is 28.0 Å². The minimum atomic E-state index is -0.454. The zero-order valence-electron chi connectivity index (χ0n) is 16.5. The van der Waals surface area contributed by atoms with Gasteiger partial charge in [-0.3, -0.25) is 9.58 Å². The third-order valence-electron chi connectivity index (χ3n) is 4.97. The number of hydrogen-bond acceptors (Lipinski definition) is 5. The van der Waals surface area contributed by atoms with Gasteiger partial charge in [0, 0.05) is 44.0 Å². The van der Waals surface area contributed by atoms with Crippen LogP contribution in [0.5, 0.6) is 5.75 Å². The molecule has 27 heavy (non-hydrogen) atoms. The number of para-hydroxylation sites is 1. The first kappa shape index (κ1) is 19.9. The van der Waals surface area contributed by atoms with Crippen molar-refractivity contribution in [2.45, 2.75) is 38.5 Å². The highest BCUT2D eigenvalue weighted by atomic mass is 16.5. The van der Waals surface area contributed by atoms with Crippen LogP contribution in [0.2, 0.25) is 0 Å². The average Bonchev–Trinajstić information content (AvgIpc) is 3.06. The van der Waals surface area contributed by atoms with Crippen LogP contribution in [0.15, 0.2) is 36.7 Å². The number of aliphatic hydroxyl groups excluding tert-OH is 1. The third-order valence-corrected chi connectivity index (χ3v) is 4.97. The molecule has 2 heterocycles. The van der Waals surface area contributed by atoms with Gasteiger partial charge in [0.15, 0.2) is 0 Å². The van der Waals surface area contributed by atoms with Crippen LogP contribution in [0.3, 0.4) is 0 Å². The highest BCUT2D eigenvalue weighted by Gasteiger charge is 2.16. The molecular formula is C21H32N4O2. The monoisotopic (exact) mass is 372 g/mol. The number of aliphatic hydroxyl groups is 1. The summed E-state index contributed by atoms with van der Waals surface area (Å²) in [6, 6.07) is 8.09. The Balaban J connectivity index is 1.50. The van der Waals surface area contributed by atoms with Gasteiger partial charge in [0.05, 0.1) is 6.20 Å². The number of aryl methyl sites for hydroxylation is 1. The molecule has 1 aromatic heterocycles. The average molecular weight is 373 g/mol. The lowest BCUT2D eigenvalue weighted by Crippen LogP contribution is -2.38. The Hall–Kier alpha value is -1.89. The molecular weight excluding hydrogens is 340 g/mol. The predicted molar refractivity (Wildman–Crippen MR) is 107 cm³/mol. The normalized spacial score (nSPS) is 16.6. The van der Waals surface area contributed by atoms with Crippen molar-refractivity contribution in [2.24, 2.45) is 7.05 Å². The number of benzene rings is 1. The van der Waals surface area contributed by atoms with Crippen LogP contribution in [0.1, 0.15) is 30.4 Å². The summed E-state index contributed by atoms with van der Waals surface area (Å²) >= 11 is 0. The van der Waals surface area contributed by atoms with Gasteiger partial charge in [-0.25, -0.2) is 0 Å². The van der Waals surface area contributed by atoms with Crippen molar-refractivity contribution in [2.75, 3.05) is 33.3 Å². The van der Waals surface area contributed by atoms with Crippen molar-refractivity contribution < 1.29 is 9.84 Å². The van der Waals surface area contributed by atoms with Gasteiger partial charge in [-0.15, -0.1) is 0 Å². The molecule has 0 amide bonds. The van der Waals surface area contributed by atoms with Crippen LogP contribution >= 0.6 is 0 Å². The van der Waals surface area contributed by atoms with E-state index in [0.29, 0.717) is 13.2 Å². The third kappa shape index (κ3) is 6.34. The summed E-state index contributed by atoms with van der Waals surface area (Å²) in [6.45, 7) is 4.83. The largest absolute Gasteiger partial charge is 0.491 e. The molecule has 1 aliphatic heterocycles. The highest BCUT2D eigenvalue weighted by molar-refractivity contribution is 5.33. The quantitative estimate of drug-likeness (QED) is 0.732. The predicted octanol–water partition coefficient (Wildman–Crippen LogP) is 2.28. The standard InChI is InChI=1S/C21H32N4O2/c1-23(13-18-12-22-24(2)14-18)15-19-8-4-5-9-21(19)27-17-20(26)16-25-10-6-3-7-11-25/h4-5,8-9,12,14,20,26H,3,6-7,10-11,13,15-17H2,1-2H3/t20-/m1/s1. The molecule has 6 nitrogen and oxygen atoms in total. The lowest BCUT2D eigenvalue weighted by molar-refractivity contribution is 0.0612. The van der Waals surface area contributed by atoms with E-state index in [0.717, 1.165) is 37.5 Å². The summed E-state index contributed by atoms with van der Waals surface area (Å²) in [4.78, 5) is 4.58. The molecule has 1 aromatic carbocycles. The van der Waals surface area contributed by atoms with Crippen molar-refractivity contribution >= 4 is 0 Å². The van der Waals surface area contributed by atoms with Crippen LogP contribution in [0.4, 0.5) is 0 Å². The van der Waals surface area contributed by atoms with E-state index in [4.69, 9.17) is 4.74 Å². The summed E-state index contributed by atoms with van der Waals surface area (Å²) in [6.07, 6.45) is 7.26. The number of likely N-dealkylation sites (tertiary alicyclic amines) is 1. The lowest BCUT2D eigenvalue weighted by Gasteiger charge is -2.28. The first-order valence-corrected chi connectivity index (χ1v) is 9.87. The molecule has 0 spiro atoms. The highest BCUT2D eigenvalue weighted by Crippen LogP contribution is 2.20. The summed E-state index contributed by atoms with van der Waals surface area (Å²) < 4.78 is 7.80. The fourth-order valence-corrected chi connectivity index (χ4v) is 3.67. The van der Waals surface area contributed by atoms with E-state index in [1.165, 1.54) is 24.8 Å². The molecule has 0 bridgehead atoms. The Morgan fingerprint density at radius 1 is 1.19 bits per heavy atom. The minimum Gasteiger partial charge on any atom is -0.491 e. The second-order valence-corrected chi connectivity index (χ2v) is 7.63. The molecule has 1 fully saturated rings. The van der Waals surface area contributed by atoms with Gasteiger partial charge in [0.1, 0.15) is 18.5 Å². The maximum atomic E-state index is 10.3. The molecule has 0 radical (unpaired) electrons. The SMILES string of the molecule is CN(Cc1cnn(C)c1)Cc1ccccc1OC[C@H](O)CN1CCCCC1. The van der Waals surface area contributed by atoms with Crippen LogP contribution < -0.4 is 4.74 Å². The van der Waals surface area contributed by atoms with Crippen molar-refractivity contribution in [3.8, 4) is 5.75 Å². The van der Waals surface area contributed by atoms with Gasteiger partial charge in [-0.2, -0.15) is 5.10 Å². The van der Waals surface area contributed by atoms with Crippen LogP contribution in [0, 0.1) is 0 Å². The molecule has 0 aliphatic carbocycles. The van der Waals surface area contributed by atoms with E-state index in [9.17, 15) is 5.11 Å². The van der Waals surface area contributed by atoms with Gasteiger partial charge in [-0.05, 0) is 39.0 Å². The molecule has 1 atom stereocenters. The molecule has 6 heteroatoms. The molecule has 148 valence electrons. The van der Waals surface area contributed by atoms with Crippen molar-refractivity contribution in [1.29, 1.82) is 0 Å². The van der Waals surface area contributed by atoms with E-state index < -0.39 is 6.10 Å². The van der Waals surface area contributed by atoms with Crippen LogP contribution in [0.25, 0.3) is 0 Å². The second-order valence-electron chi connectivity index (χ2n) is 7.63. The Morgan fingerprint density at radius 2 is 1.96 bits per heavy atom. The van der Waals surface area contributed by atoms with Crippen molar-refractivity contribution in [3.05, 3.63) is 47.8 Å². The Labute approximate surface area is 162 Å². The molecule has 1 saturated heterocycles. The smallest absolute Gasteiger partial charge is 0.123 e. The van der Waals surface area contributed by atoms with Crippen molar-refractivity contribution in [3.63, 3.8) is 0 Å². The number of β-amino-alcohol motifs (C(OH)–C–C–N with tert-alkyl or cyclic N) is 1. The van der Waals surface area contributed by atoms with E-state index in [1.807, 2.05) is 42.3 Å². The first-order valence-electron chi connectivity index (χ1n) is 9.87. The molecule has 2 aromatic rings. The van der Waals surface area contributed by atoms with Gasteiger partial charge in [-0.1, -0.05) is 24.6 Å². The van der Waals surface area contributed by atoms with Gasteiger partial charge in [0.2, 0.25) is 0 Å². The van der Waals surface area contributed by atoms with Crippen LogP contribution in [-0.4, -0.2) is 64.1 Å². The summed E-state index contributed by atoms with van der Waals surface area (Å²) in [5.74, 6) is 0.855. The topological polar surface area (TPSA) is 53.8 Å². The van der Waals surface area contributed by atoms with E-state index in [-0.39, 0.29) is 0 Å². The number of nitrogens with zero attached hydrogens (tertiary/aromatic N) is 4. The summed E-state index contributed by atoms with van der Waals surface area (Å²) in [5.41, 5.74) is 2.32. The number of hydrogen-bond donors (Lipinski definition) is 1. The first-order chi connectivity index (χ1) is 13.1. The Morgan fingerprint density at radius 3 is 2.70 bits per heavy atom. The summed E-state index contributed by atoms with van der Waals surface area (Å²) in [7, 11) is 4.02. The fraction of sp³-hybridized carbons (Fsp3) is 0.571. The molecule has 1 aliphatic rings. The number of aromatic nitrogens is 2.